The average molecular weight is 329 g/mol. The Morgan fingerprint density at radius 2 is 1.76 bits per heavy atom. The van der Waals surface area contributed by atoms with E-state index in [-0.39, 0.29) is 0 Å². The maximum atomic E-state index is 5.27. The predicted octanol–water partition coefficient (Wildman–Crippen LogP) is 3.85. The summed E-state index contributed by atoms with van der Waals surface area (Å²) >= 11 is 0. The second-order valence-electron chi connectivity index (χ2n) is 5.76. The third-order valence-corrected chi connectivity index (χ3v) is 3.95. The van der Waals surface area contributed by atoms with Gasteiger partial charge in [-0.15, -0.1) is 0 Å². The quantitative estimate of drug-likeness (QED) is 0.583. The maximum Gasteiger partial charge on any atom is 0.230 e. The van der Waals surface area contributed by atoms with Crippen molar-refractivity contribution in [3.05, 3.63) is 96.5 Å². The molecular formula is C20H17N4O. The van der Waals surface area contributed by atoms with Crippen LogP contribution < -0.4 is 0 Å². The lowest BCUT2D eigenvalue weighted by atomic mass is 10.0. The summed E-state index contributed by atoms with van der Waals surface area (Å²) in [6.45, 7) is 0. The fourth-order valence-electron chi connectivity index (χ4n) is 2.64. The SMILES string of the molecule is [CH](Cc1c[nH]cn1)c1nc(Cc2ccc(-c3ccccc3)cc2)no1. The highest BCUT2D eigenvalue weighted by atomic mass is 16.5. The Hall–Kier alpha value is -3.21. The molecule has 2 aromatic heterocycles. The lowest BCUT2D eigenvalue weighted by molar-refractivity contribution is 0.391. The van der Waals surface area contributed by atoms with Crippen LogP contribution in [0.25, 0.3) is 11.1 Å². The van der Waals surface area contributed by atoms with Gasteiger partial charge in [0.25, 0.3) is 0 Å². The Labute approximate surface area is 145 Å². The van der Waals surface area contributed by atoms with Crippen LogP contribution in [0.3, 0.4) is 0 Å². The average Bonchev–Trinajstić information content (AvgIpc) is 3.33. The molecule has 4 aromatic rings. The number of benzene rings is 2. The molecule has 5 heteroatoms. The van der Waals surface area contributed by atoms with Gasteiger partial charge in [-0.1, -0.05) is 59.8 Å². The van der Waals surface area contributed by atoms with Crippen LogP contribution in [0.15, 0.2) is 71.6 Å². The maximum absolute atomic E-state index is 5.27. The molecule has 2 heterocycles. The summed E-state index contributed by atoms with van der Waals surface area (Å²) in [6, 6.07) is 18.8. The second-order valence-corrected chi connectivity index (χ2v) is 5.76. The number of nitrogens with one attached hydrogen (secondary N) is 1. The van der Waals surface area contributed by atoms with E-state index >= 15 is 0 Å². The summed E-state index contributed by atoms with van der Waals surface area (Å²) in [7, 11) is 0. The van der Waals surface area contributed by atoms with Gasteiger partial charge in [0.2, 0.25) is 5.89 Å². The zero-order valence-corrected chi connectivity index (χ0v) is 13.6. The third-order valence-electron chi connectivity index (χ3n) is 3.95. The molecule has 5 nitrogen and oxygen atoms in total. The van der Waals surface area contributed by atoms with Crippen molar-refractivity contribution in [2.75, 3.05) is 0 Å². The zero-order chi connectivity index (χ0) is 16.9. The second kappa shape index (κ2) is 7.13. The van der Waals surface area contributed by atoms with Gasteiger partial charge < -0.3 is 9.51 Å². The summed E-state index contributed by atoms with van der Waals surface area (Å²) in [6.07, 6.45) is 6.69. The van der Waals surface area contributed by atoms with Crippen molar-refractivity contribution in [3.63, 3.8) is 0 Å². The van der Waals surface area contributed by atoms with Crippen LogP contribution in [-0.4, -0.2) is 20.1 Å². The molecule has 25 heavy (non-hydrogen) atoms. The van der Waals surface area contributed by atoms with Gasteiger partial charge in [-0.3, -0.25) is 0 Å². The minimum atomic E-state index is 0.527. The number of rotatable bonds is 6. The van der Waals surface area contributed by atoms with Crippen LogP contribution in [0, 0.1) is 6.42 Å². The van der Waals surface area contributed by atoms with Gasteiger partial charge in [0.15, 0.2) is 5.82 Å². The number of H-pyrrole nitrogens is 1. The molecule has 0 fully saturated rings. The first kappa shape index (κ1) is 15.3. The Kier molecular flexibility index (Phi) is 4.37. The molecule has 0 amide bonds. The summed E-state index contributed by atoms with van der Waals surface area (Å²) in [5.74, 6) is 1.21. The van der Waals surface area contributed by atoms with Gasteiger partial charge in [-0.25, -0.2) is 4.98 Å². The summed E-state index contributed by atoms with van der Waals surface area (Å²) < 4.78 is 5.27. The predicted molar refractivity (Wildman–Crippen MR) is 94.7 cm³/mol. The van der Waals surface area contributed by atoms with Gasteiger partial charge >= 0.3 is 0 Å². The zero-order valence-electron chi connectivity index (χ0n) is 13.6. The summed E-state index contributed by atoms with van der Waals surface area (Å²) in [4.78, 5) is 11.5. The lowest BCUT2D eigenvalue weighted by Crippen LogP contribution is -1.92. The molecule has 0 bridgehead atoms. The van der Waals surface area contributed by atoms with E-state index in [1.165, 1.54) is 11.1 Å². The van der Waals surface area contributed by atoms with Crippen molar-refractivity contribution in [3.8, 4) is 11.1 Å². The molecule has 0 aliphatic rings. The molecule has 2 aromatic carbocycles. The number of aromatic nitrogens is 4. The third kappa shape index (κ3) is 3.83. The van der Waals surface area contributed by atoms with E-state index in [2.05, 4.69) is 56.5 Å². The fourth-order valence-corrected chi connectivity index (χ4v) is 2.64. The van der Waals surface area contributed by atoms with Crippen molar-refractivity contribution in [1.29, 1.82) is 0 Å². The van der Waals surface area contributed by atoms with Gasteiger partial charge in [-0.2, -0.15) is 4.98 Å². The first-order valence-corrected chi connectivity index (χ1v) is 8.14. The topological polar surface area (TPSA) is 67.6 Å². The number of nitrogens with zero attached hydrogens (tertiary/aromatic N) is 3. The Morgan fingerprint density at radius 1 is 0.960 bits per heavy atom. The van der Waals surface area contributed by atoms with Crippen LogP contribution in [0.5, 0.6) is 0 Å². The number of hydrogen-bond acceptors (Lipinski definition) is 4. The highest BCUT2D eigenvalue weighted by Crippen LogP contribution is 2.20. The minimum Gasteiger partial charge on any atom is -0.351 e. The highest BCUT2D eigenvalue weighted by molar-refractivity contribution is 5.63. The largest absolute Gasteiger partial charge is 0.351 e. The van der Waals surface area contributed by atoms with E-state index in [0.29, 0.717) is 24.6 Å². The van der Waals surface area contributed by atoms with E-state index in [9.17, 15) is 0 Å². The van der Waals surface area contributed by atoms with Gasteiger partial charge in [0.05, 0.1) is 18.4 Å². The van der Waals surface area contributed by atoms with Crippen LogP contribution in [0.4, 0.5) is 0 Å². The monoisotopic (exact) mass is 329 g/mol. The summed E-state index contributed by atoms with van der Waals surface area (Å²) in [5, 5.41) is 4.05. The highest BCUT2D eigenvalue weighted by Gasteiger charge is 2.08. The molecule has 1 N–H and O–H groups in total. The molecule has 123 valence electrons. The van der Waals surface area contributed by atoms with Crippen molar-refractivity contribution < 1.29 is 4.52 Å². The van der Waals surface area contributed by atoms with Crippen molar-refractivity contribution in [2.45, 2.75) is 12.8 Å². The lowest BCUT2D eigenvalue weighted by Gasteiger charge is -2.02. The molecule has 1 radical (unpaired) electrons. The van der Waals surface area contributed by atoms with Crippen molar-refractivity contribution >= 4 is 0 Å². The van der Waals surface area contributed by atoms with Crippen molar-refractivity contribution in [1.82, 2.24) is 20.1 Å². The minimum absolute atomic E-state index is 0.527. The number of hydrogen-bond donors (Lipinski definition) is 1. The van der Waals surface area contributed by atoms with Gasteiger partial charge in [0.1, 0.15) is 0 Å². The molecule has 0 aliphatic carbocycles. The Bertz CT molecular complexity index is 912. The van der Waals surface area contributed by atoms with E-state index in [0.717, 1.165) is 11.3 Å². The summed E-state index contributed by atoms with van der Waals surface area (Å²) in [5.41, 5.74) is 4.50. The van der Waals surface area contributed by atoms with E-state index in [1.54, 1.807) is 6.33 Å². The van der Waals surface area contributed by atoms with E-state index < -0.39 is 0 Å². The standard InChI is InChI=1S/C20H17N4O/c1-2-4-16(5-3-1)17-8-6-15(7-9-17)12-19-23-20(25-24-19)11-10-18-13-21-14-22-18/h1-9,11,13-14H,10,12H2,(H,21,22). The van der Waals surface area contributed by atoms with E-state index in [1.807, 2.05) is 30.8 Å². The van der Waals surface area contributed by atoms with Crippen LogP contribution in [-0.2, 0) is 12.8 Å². The van der Waals surface area contributed by atoms with Gasteiger partial charge in [0, 0.05) is 19.0 Å². The van der Waals surface area contributed by atoms with Crippen LogP contribution >= 0.6 is 0 Å². The normalized spacial score (nSPS) is 10.9. The van der Waals surface area contributed by atoms with Crippen LogP contribution in [0.1, 0.15) is 23.0 Å². The Morgan fingerprint density at radius 3 is 2.52 bits per heavy atom. The van der Waals surface area contributed by atoms with Crippen molar-refractivity contribution in [2.24, 2.45) is 0 Å². The Balaban J connectivity index is 1.39. The van der Waals surface area contributed by atoms with E-state index in [4.69, 9.17) is 4.52 Å². The molecule has 0 spiro atoms. The number of aromatic amines is 1. The molecule has 0 aliphatic heterocycles. The number of imidazole rings is 1. The fraction of sp³-hybridized carbons (Fsp3) is 0.100. The molecule has 0 saturated heterocycles. The molecule has 0 unspecified atom stereocenters. The molecular weight excluding hydrogens is 312 g/mol. The first-order chi connectivity index (χ1) is 12.4. The molecule has 0 atom stereocenters. The smallest absolute Gasteiger partial charge is 0.230 e. The molecule has 4 rings (SSSR count). The molecule has 0 saturated carbocycles. The van der Waals surface area contributed by atoms with Crippen LogP contribution in [0.2, 0.25) is 0 Å². The van der Waals surface area contributed by atoms with Gasteiger partial charge in [-0.05, 0) is 16.7 Å². The first-order valence-electron chi connectivity index (χ1n) is 8.14.